The van der Waals surface area contributed by atoms with Crippen LogP contribution >= 0.6 is 0 Å². The molecule has 0 saturated carbocycles. The second kappa shape index (κ2) is 5.01. The van der Waals surface area contributed by atoms with E-state index in [0.717, 1.165) is 11.0 Å². The van der Waals surface area contributed by atoms with Crippen LogP contribution in [0.1, 0.15) is 6.92 Å². The number of likely N-dealkylation sites (N-methyl/N-ethyl adjacent to an activating group) is 1. The number of aromatic nitrogens is 3. The molecule has 1 aromatic carbocycles. The van der Waals surface area contributed by atoms with Crippen LogP contribution in [0.3, 0.4) is 0 Å². The second-order valence-corrected chi connectivity index (χ2v) is 4.51. The highest BCUT2D eigenvalue weighted by atomic mass is 16.3. The Kier molecular flexibility index (Phi) is 3.60. The molecule has 0 amide bonds. The molecular formula is C12H18N4O2. The lowest BCUT2D eigenvalue weighted by Crippen LogP contribution is -2.50. The highest BCUT2D eigenvalue weighted by Crippen LogP contribution is 2.23. The average molecular weight is 250 g/mol. The van der Waals surface area contributed by atoms with Gasteiger partial charge in [-0.1, -0.05) is 17.3 Å². The molecule has 0 aliphatic carbocycles. The Morgan fingerprint density at radius 1 is 1.33 bits per heavy atom. The standard InChI is InChI=1S/C12H18N4O2/c1-12(9-18,15(2)7-8-17)16-11-6-4-3-5-10(11)13-14-16/h3-6,17-18H,7-9H2,1-2H3. The van der Waals surface area contributed by atoms with Gasteiger partial charge in [0.15, 0.2) is 0 Å². The molecule has 6 heteroatoms. The first kappa shape index (κ1) is 12.9. The minimum Gasteiger partial charge on any atom is -0.395 e. The predicted molar refractivity (Wildman–Crippen MR) is 68.0 cm³/mol. The summed E-state index contributed by atoms with van der Waals surface area (Å²) in [5.41, 5.74) is 0.923. The first-order chi connectivity index (χ1) is 8.63. The fraction of sp³-hybridized carbons (Fsp3) is 0.500. The van der Waals surface area contributed by atoms with E-state index in [2.05, 4.69) is 10.3 Å². The molecule has 0 spiro atoms. The van der Waals surface area contributed by atoms with Gasteiger partial charge in [0.05, 0.1) is 18.7 Å². The third-order valence-corrected chi connectivity index (χ3v) is 3.37. The monoisotopic (exact) mass is 250 g/mol. The first-order valence-corrected chi connectivity index (χ1v) is 5.87. The summed E-state index contributed by atoms with van der Waals surface area (Å²) < 4.78 is 1.69. The van der Waals surface area contributed by atoms with E-state index in [4.69, 9.17) is 5.11 Å². The van der Waals surface area contributed by atoms with Gasteiger partial charge in [-0.05, 0) is 26.1 Å². The molecule has 6 nitrogen and oxygen atoms in total. The number of benzene rings is 1. The summed E-state index contributed by atoms with van der Waals surface area (Å²) in [6.07, 6.45) is 0. The van der Waals surface area contributed by atoms with E-state index in [1.165, 1.54) is 0 Å². The molecule has 1 heterocycles. The molecule has 2 rings (SSSR count). The molecule has 0 saturated heterocycles. The van der Waals surface area contributed by atoms with Crippen molar-refractivity contribution in [2.75, 3.05) is 26.8 Å². The number of hydrogen-bond donors (Lipinski definition) is 2. The van der Waals surface area contributed by atoms with Crippen LogP contribution in [0.4, 0.5) is 0 Å². The van der Waals surface area contributed by atoms with Crippen LogP contribution in [0.25, 0.3) is 11.0 Å². The minimum absolute atomic E-state index is 0.0265. The minimum atomic E-state index is -0.723. The van der Waals surface area contributed by atoms with Crippen LogP contribution < -0.4 is 0 Å². The van der Waals surface area contributed by atoms with Crippen molar-refractivity contribution in [2.24, 2.45) is 0 Å². The Morgan fingerprint density at radius 3 is 2.72 bits per heavy atom. The molecular weight excluding hydrogens is 232 g/mol. The maximum absolute atomic E-state index is 9.70. The van der Waals surface area contributed by atoms with Crippen molar-refractivity contribution in [3.8, 4) is 0 Å². The van der Waals surface area contributed by atoms with Gasteiger partial charge in [0.25, 0.3) is 0 Å². The van der Waals surface area contributed by atoms with Gasteiger partial charge in [-0.3, -0.25) is 4.90 Å². The van der Waals surface area contributed by atoms with E-state index >= 15 is 0 Å². The molecule has 18 heavy (non-hydrogen) atoms. The average Bonchev–Trinajstić information content (AvgIpc) is 2.82. The van der Waals surface area contributed by atoms with Gasteiger partial charge >= 0.3 is 0 Å². The third kappa shape index (κ3) is 1.98. The van der Waals surface area contributed by atoms with E-state index in [1.54, 1.807) is 4.68 Å². The lowest BCUT2D eigenvalue weighted by molar-refractivity contribution is -0.0145. The number of rotatable bonds is 5. The zero-order valence-corrected chi connectivity index (χ0v) is 10.6. The molecule has 2 aromatic rings. The maximum Gasteiger partial charge on any atom is 0.137 e. The molecule has 2 N–H and O–H groups in total. The summed E-state index contributed by atoms with van der Waals surface area (Å²) in [6.45, 7) is 2.23. The van der Waals surface area contributed by atoms with Gasteiger partial charge in [-0.25, -0.2) is 4.68 Å². The van der Waals surface area contributed by atoms with Crippen molar-refractivity contribution in [1.29, 1.82) is 0 Å². The van der Waals surface area contributed by atoms with E-state index in [0.29, 0.717) is 6.54 Å². The lowest BCUT2D eigenvalue weighted by atomic mass is 10.1. The van der Waals surface area contributed by atoms with Crippen molar-refractivity contribution in [3.63, 3.8) is 0 Å². The number of nitrogens with zero attached hydrogens (tertiary/aromatic N) is 4. The fourth-order valence-corrected chi connectivity index (χ4v) is 1.96. The number of aliphatic hydroxyl groups excluding tert-OH is 2. The highest BCUT2D eigenvalue weighted by molar-refractivity contribution is 5.74. The van der Waals surface area contributed by atoms with Crippen LogP contribution in [0.2, 0.25) is 0 Å². The molecule has 98 valence electrons. The molecule has 1 unspecified atom stereocenters. The Hall–Kier alpha value is -1.50. The highest BCUT2D eigenvalue weighted by Gasteiger charge is 2.32. The Labute approximate surface area is 105 Å². The lowest BCUT2D eigenvalue weighted by Gasteiger charge is -2.37. The third-order valence-electron chi connectivity index (χ3n) is 3.37. The normalized spacial score (nSPS) is 15.2. The van der Waals surface area contributed by atoms with Gasteiger partial charge in [-0.15, -0.1) is 5.10 Å². The van der Waals surface area contributed by atoms with Crippen LogP contribution in [0.5, 0.6) is 0 Å². The van der Waals surface area contributed by atoms with Crippen molar-refractivity contribution < 1.29 is 10.2 Å². The van der Waals surface area contributed by atoms with Gasteiger partial charge in [0.2, 0.25) is 0 Å². The van der Waals surface area contributed by atoms with Gasteiger partial charge < -0.3 is 10.2 Å². The van der Waals surface area contributed by atoms with E-state index in [1.807, 2.05) is 43.1 Å². The van der Waals surface area contributed by atoms with Gasteiger partial charge in [0.1, 0.15) is 11.2 Å². The predicted octanol–water partition coefficient (Wildman–Crippen LogP) is 0.0204. The molecule has 0 radical (unpaired) electrons. The van der Waals surface area contributed by atoms with Crippen LogP contribution in [0, 0.1) is 0 Å². The smallest absolute Gasteiger partial charge is 0.137 e. The zero-order valence-electron chi connectivity index (χ0n) is 10.6. The van der Waals surface area contributed by atoms with Crippen LogP contribution in [-0.4, -0.2) is 56.9 Å². The summed E-state index contributed by atoms with van der Waals surface area (Å²) in [5, 5.41) is 27.0. The van der Waals surface area contributed by atoms with Gasteiger partial charge in [0, 0.05) is 6.54 Å². The summed E-state index contributed by atoms with van der Waals surface area (Å²) in [5.74, 6) is 0. The second-order valence-electron chi connectivity index (χ2n) is 4.51. The summed E-state index contributed by atoms with van der Waals surface area (Å²) >= 11 is 0. The van der Waals surface area contributed by atoms with Crippen molar-refractivity contribution in [3.05, 3.63) is 24.3 Å². The summed E-state index contributed by atoms with van der Waals surface area (Å²) in [7, 11) is 1.84. The van der Waals surface area contributed by atoms with Crippen molar-refractivity contribution in [2.45, 2.75) is 12.6 Å². The summed E-state index contributed by atoms with van der Waals surface area (Å²) in [4.78, 5) is 1.86. The molecule has 1 atom stereocenters. The Morgan fingerprint density at radius 2 is 2.06 bits per heavy atom. The van der Waals surface area contributed by atoms with E-state index < -0.39 is 5.66 Å². The first-order valence-electron chi connectivity index (χ1n) is 5.87. The fourth-order valence-electron chi connectivity index (χ4n) is 1.96. The SMILES string of the molecule is CN(CCO)C(C)(CO)n1nnc2ccccc21. The number of hydrogen-bond acceptors (Lipinski definition) is 5. The maximum atomic E-state index is 9.70. The van der Waals surface area contributed by atoms with Crippen LogP contribution in [-0.2, 0) is 5.66 Å². The molecule has 0 aliphatic rings. The molecule has 0 fully saturated rings. The summed E-state index contributed by atoms with van der Waals surface area (Å²) in [6, 6.07) is 7.60. The quantitative estimate of drug-likeness (QED) is 0.782. The van der Waals surface area contributed by atoms with Gasteiger partial charge in [-0.2, -0.15) is 0 Å². The Bertz CT molecular complexity index is 528. The number of aliphatic hydroxyl groups is 2. The topological polar surface area (TPSA) is 74.4 Å². The number of fused-ring (bicyclic) bond motifs is 1. The molecule has 0 bridgehead atoms. The van der Waals surface area contributed by atoms with Crippen LogP contribution in [0.15, 0.2) is 24.3 Å². The van der Waals surface area contributed by atoms with E-state index in [-0.39, 0.29) is 13.2 Å². The Balaban J connectivity index is 2.49. The van der Waals surface area contributed by atoms with Crippen molar-refractivity contribution >= 4 is 11.0 Å². The molecule has 1 aromatic heterocycles. The zero-order chi connectivity index (χ0) is 13.2. The van der Waals surface area contributed by atoms with Crippen molar-refractivity contribution in [1.82, 2.24) is 19.9 Å². The number of para-hydroxylation sites is 1. The largest absolute Gasteiger partial charge is 0.395 e. The molecule has 0 aliphatic heterocycles. The van der Waals surface area contributed by atoms with E-state index in [9.17, 15) is 5.11 Å².